The molecule has 0 bridgehead atoms. The first-order valence-electron chi connectivity index (χ1n) is 5.83. The van der Waals surface area contributed by atoms with E-state index < -0.39 is 0 Å². The Labute approximate surface area is 103 Å². The fourth-order valence-electron chi connectivity index (χ4n) is 2.00. The highest BCUT2D eigenvalue weighted by Crippen LogP contribution is 2.21. The van der Waals surface area contributed by atoms with Crippen LogP contribution in [0.2, 0.25) is 0 Å². The standard InChI is InChI=1S/C15H18N2/c1-11(14-8-6-5-7-9-14)10-15-12(2)16-17(4)13(15)3/h5-10H,1-4H3/b11-10-. The topological polar surface area (TPSA) is 17.8 Å². The fraction of sp³-hybridized carbons (Fsp3) is 0.267. The Morgan fingerprint density at radius 3 is 2.35 bits per heavy atom. The highest BCUT2D eigenvalue weighted by Gasteiger charge is 2.07. The molecule has 2 rings (SSSR count). The molecule has 1 heterocycles. The predicted octanol–water partition coefficient (Wildman–Crippen LogP) is 3.60. The number of rotatable bonds is 2. The molecule has 1 aromatic carbocycles. The smallest absolute Gasteiger partial charge is 0.0668 e. The van der Waals surface area contributed by atoms with E-state index >= 15 is 0 Å². The van der Waals surface area contributed by atoms with Crippen LogP contribution >= 0.6 is 0 Å². The normalized spacial score (nSPS) is 11.9. The van der Waals surface area contributed by atoms with Gasteiger partial charge in [-0.25, -0.2) is 0 Å². The molecule has 0 spiro atoms. The van der Waals surface area contributed by atoms with Crippen molar-refractivity contribution < 1.29 is 0 Å². The average molecular weight is 226 g/mol. The molecule has 0 radical (unpaired) electrons. The van der Waals surface area contributed by atoms with Gasteiger partial charge >= 0.3 is 0 Å². The van der Waals surface area contributed by atoms with Crippen molar-refractivity contribution in [1.82, 2.24) is 9.78 Å². The Kier molecular flexibility index (Phi) is 3.14. The minimum atomic E-state index is 1.08. The summed E-state index contributed by atoms with van der Waals surface area (Å²) >= 11 is 0. The van der Waals surface area contributed by atoms with Crippen molar-refractivity contribution >= 4 is 11.6 Å². The number of hydrogen-bond acceptors (Lipinski definition) is 1. The van der Waals surface area contributed by atoms with Gasteiger partial charge < -0.3 is 0 Å². The first-order chi connectivity index (χ1) is 8.09. The summed E-state index contributed by atoms with van der Waals surface area (Å²) in [6, 6.07) is 10.4. The van der Waals surface area contributed by atoms with Crippen LogP contribution in [0.15, 0.2) is 30.3 Å². The Morgan fingerprint density at radius 2 is 1.82 bits per heavy atom. The van der Waals surface area contributed by atoms with Gasteiger partial charge in [-0.15, -0.1) is 0 Å². The van der Waals surface area contributed by atoms with E-state index in [1.54, 1.807) is 0 Å². The molecule has 2 heteroatoms. The van der Waals surface area contributed by atoms with Crippen LogP contribution in [0.5, 0.6) is 0 Å². The van der Waals surface area contributed by atoms with E-state index in [0.29, 0.717) is 0 Å². The van der Waals surface area contributed by atoms with Gasteiger partial charge in [-0.05, 0) is 38.0 Å². The molecular formula is C15H18N2. The molecule has 0 aliphatic heterocycles. The number of benzene rings is 1. The van der Waals surface area contributed by atoms with Crippen molar-refractivity contribution in [3.05, 3.63) is 52.8 Å². The van der Waals surface area contributed by atoms with Crippen LogP contribution in [0.1, 0.15) is 29.4 Å². The first-order valence-corrected chi connectivity index (χ1v) is 5.83. The van der Waals surface area contributed by atoms with E-state index in [-0.39, 0.29) is 0 Å². The number of aromatic nitrogens is 2. The fourth-order valence-corrected chi connectivity index (χ4v) is 2.00. The van der Waals surface area contributed by atoms with Crippen LogP contribution in [0, 0.1) is 13.8 Å². The van der Waals surface area contributed by atoms with Crippen molar-refractivity contribution in [3.8, 4) is 0 Å². The molecule has 0 saturated carbocycles. The monoisotopic (exact) mass is 226 g/mol. The molecule has 1 aromatic heterocycles. The van der Waals surface area contributed by atoms with Gasteiger partial charge in [0, 0.05) is 18.3 Å². The molecule has 0 N–H and O–H groups in total. The quantitative estimate of drug-likeness (QED) is 0.765. The third-order valence-electron chi connectivity index (χ3n) is 3.15. The van der Waals surface area contributed by atoms with Crippen molar-refractivity contribution in [2.24, 2.45) is 7.05 Å². The zero-order valence-corrected chi connectivity index (χ0v) is 10.9. The lowest BCUT2D eigenvalue weighted by atomic mass is 10.0. The third kappa shape index (κ3) is 2.31. The second kappa shape index (κ2) is 4.58. The molecule has 2 nitrogen and oxygen atoms in total. The number of allylic oxidation sites excluding steroid dienone is 1. The van der Waals surface area contributed by atoms with E-state index in [1.807, 2.05) is 17.8 Å². The molecule has 88 valence electrons. The summed E-state index contributed by atoms with van der Waals surface area (Å²) in [5.74, 6) is 0. The van der Waals surface area contributed by atoms with E-state index in [2.05, 4.69) is 56.2 Å². The zero-order chi connectivity index (χ0) is 12.4. The molecule has 17 heavy (non-hydrogen) atoms. The minimum absolute atomic E-state index is 1.08. The number of hydrogen-bond donors (Lipinski definition) is 0. The van der Waals surface area contributed by atoms with Gasteiger partial charge in [0.25, 0.3) is 0 Å². The Bertz CT molecular complexity index is 548. The largest absolute Gasteiger partial charge is 0.272 e. The summed E-state index contributed by atoms with van der Waals surface area (Å²) < 4.78 is 1.93. The average Bonchev–Trinajstić information content (AvgIpc) is 2.57. The van der Waals surface area contributed by atoms with E-state index in [9.17, 15) is 0 Å². The highest BCUT2D eigenvalue weighted by atomic mass is 15.3. The summed E-state index contributed by atoms with van der Waals surface area (Å²) in [5.41, 5.74) is 6.05. The lowest BCUT2D eigenvalue weighted by Crippen LogP contribution is -1.92. The molecule has 0 amide bonds. The summed E-state index contributed by atoms with van der Waals surface area (Å²) in [7, 11) is 1.98. The molecule has 0 aliphatic rings. The minimum Gasteiger partial charge on any atom is -0.272 e. The van der Waals surface area contributed by atoms with Crippen LogP contribution in [0.3, 0.4) is 0 Å². The zero-order valence-electron chi connectivity index (χ0n) is 10.9. The van der Waals surface area contributed by atoms with Gasteiger partial charge in [0.2, 0.25) is 0 Å². The Hall–Kier alpha value is -1.83. The summed E-state index contributed by atoms with van der Waals surface area (Å²) in [4.78, 5) is 0. The molecule has 0 saturated heterocycles. The van der Waals surface area contributed by atoms with Gasteiger partial charge in [-0.1, -0.05) is 30.3 Å². The first kappa shape index (κ1) is 11.6. The summed E-state index contributed by atoms with van der Waals surface area (Å²) in [5, 5.41) is 4.43. The Morgan fingerprint density at radius 1 is 1.18 bits per heavy atom. The maximum absolute atomic E-state index is 4.43. The maximum Gasteiger partial charge on any atom is 0.0668 e. The molecule has 0 aliphatic carbocycles. The van der Waals surface area contributed by atoms with Gasteiger partial charge in [-0.3, -0.25) is 4.68 Å². The lowest BCUT2D eigenvalue weighted by Gasteiger charge is -2.02. The summed E-state index contributed by atoms with van der Waals surface area (Å²) in [6.07, 6.45) is 2.22. The van der Waals surface area contributed by atoms with Gasteiger partial charge in [0.05, 0.1) is 5.69 Å². The van der Waals surface area contributed by atoms with Gasteiger partial charge in [0.15, 0.2) is 0 Å². The SMILES string of the molecule is C/C(=C/c1c(C)nn(C)c1C)c1ccccc1. The van der Waals surface area contributed by atoms with Crippen LogP contribution in [0.25, 0.3) is 11.6 Å². The van der Waals surface area contributed by atoms with Crippen LogP contribution in [-0.4, -0.2) is 9.78 Å². The van der Waals surface area contributed by atoms with Crippen LogP contribution in [-0.2, 0) is 7.05 Å². The molecule has 2 aromatic rings. The van der Waals surface area contributed by atoms with Crippen molar-refractivity contribution in [3.63, 3.8) is 0 Å². The van der Waals surface area contributed by atoms with E-state index in [4.69, 9.17) is 0 Å². The second-order valence-electron chi connectivity index (χ2n) is 4.40. The Balaban J connectivity index is 2.43. The van der Waals surface area contributed by atoms with E-state index in [0.717, 1.165) is 5.69 Å². The second-order valence-corrected chi connectivity index (χ2v) is 4.40. The predicted molar refractivity (Wildman–Crippen MR) is 72.7 cm³/mol. The van der Waals surface area contributed by atoms with Crippen molar-refractivity contribution in [2.75, 3.05) is 0 Å². The number of aryl methyl sites for hydroxylation is 2. The molecular weight excluding hydrogens is 208 g/mol. The van der Waals surface area contributed by atoms with Gasteiger partial charge in [0.1, 0.15) is 0 Å². The third-order valence-corrected chi connectivity index (χ3v) is 3.15. The van der Waals surface area contributed by atoms with Crippen LogP contribution in [0.4, 0.5) is 0 Å². The maximum atomic E-state index is 4.43. The van der Waals surface area contributed by atoms with Gasteiger partial charge in [-0.2, -0.15) is 5.10 Å². The van der Waals surface area contributed by atoms with Crippen LogP contribution < -0.4 is 0 Å². The van der Waals surface area contributed by atoms with Crippen molar-refractivity contribution in [1.29, 1.82) is 0 Å². The molecule has 0 fully saturated rings. The summed E-state index contributed by atoms with van der Waals surface area (Å²) in [6.45, 7) is 6.29. The highest BCUT2D eigenvalue weighted by molar-refractivity contribution is 5.81. The van der Waals surface area contributed by atoms with E-state index in [1.165, 1.54) is 22.4 Å². The van der Waals surface area contributed by atoms with Crippen molar-refractivity contribution in [2.45, 2.75) is 20.8 Å². The lowest BCUT2D eigenvalue weighted by molar-refractivity contribution is 0.731. The molecule has 0 unspecified atom stereocenters. The molecule has 0 atom stereocenters. The number of nitrogens with zero attached hydrogens (tertiary/aromatic N) is 2.